The normalized spacial score (nSPS) is 19.7. The molecule has 1 aromatic heterocycles. The molecule has 1 atom stereocenters. The second kappa shape index (κ2) is 9.42. The summed E-state index contributed by atoms with van der Waals surface area (Å²) in [6.45, 7) is 0.997. The Morgan fingerprint density at radius 3 is 2.86 bits per heavy atom. The van der Waals surface area contributed by atoms with Crippen molar-refractivity contribution in [3.05, 3.63) is 47.3 Å². The summed E-state index contributed by atoms with van der Waals surface area (Å²) in [5.74, 6) is 2.80. The van der Waals surface area contributed by atoms with Gasteiger partial charge in [0, 0.05) is 23.7 Å². The summed E-state index contributed by atoms with van der Waals surface area (Å²) >= 11 is 0. The first-order chi connectivity index (χ1) is 17.6. The first-order valence-corrected chi connectivity index (χ1v) is 12.5. The smallest absolute Gasteiger partial charge is 0.231 e. The molecule has 3 aromatic rings. The summed E-state index contributed by atoms with van der Waals surface area (Å²) in [6, 6.07) is 9.45. The average Bonchev–Trinajstić information content (AvgIpc) is 3.58. The Morgan fingerprint density at radius 1 is 1.17 bits per heavy atom. The van der Waals surface area contributed by atoms with E-state index in [0.29, 0.717) is 23.1 Å². The minimum atomic E-state index is -0.256. The highest BCUT2D eigenvalue weighted by Gasteiger charge is 2.37. The Hall–Kier alpha value is -3.66. The second-order valence-electron chi connectivity index (χ2n) is 9.67. The van der Waals surface area contributed by atoms with Gasteiger partial charge < -0.3 is 19.5 Å². The van der Waals surface area contributed by atoms with Crippen molar-refractivity contribution in [3.63, 3.8) is 0 Å². The maximum absolute atomic E-state index is 12.8. The number of methoxy groups -OCH3 is 1. The van der Waals surface area contributed by atoms with Crippen molar-refractivity contribution in [1.82, 2.24) is 25.1 Å². The van der Waals surface area contributed by atoms with Gasteiger partial charge in [-0.15, -0.1) is 5.10 Å². The van der Waals surface area contributed by atoms with Crippen molar-refractivity contribution in [2.24, 2.45) is 5.92 Å². The van der Waals surface area contributed by atoms with Crippen LogP contribution in [0.4, 0.5) is 5.69 Å². The molecule has 6 rings (SSSR count). The van der Waals surface area contributed by atoms with E-state index in [1.807, 2.05) is 30.3 Å². The molecule has 2 aliphatic heterocycles. The van der Waals surface area contributed by atoms with E-state index >= 15 is 0 Å². The van der Waals surface area contributed by atoms with Gasteiger partial charge in [-0.25, -0.2) is 0 Å². The van der Waals surface area contributed by atoms with Crippen LogP contribution in [0.15, 0.2) is 30.3 Å². The third kappa shape index (κ3) is 3.95. The number of rotatable bonds is 5. The maximum Gasteiger partial charge on any atom is 0.231 e. The van der Waals surface area contributed by atoms with Crippen molar-refractivity contribution < 1.29 is 19.0 Å². The molecular weight excluding hydrogens is 460 g/mol. The molecule has 3 heterocycles. The standard InChI is InChI=1S/C26H30N6O4/c1-31-12-11-17-13-20-23(36-15-35-20)24(34-2)21(17)22(31)25-28-29-30-32(25)19-10-6-9-18(14-19)27-26(33)16-7-4-3-5-8-16/h6,9-10,13-14,16,22H,3-5,7-8,11-12,15H2,1-2H3,(H,27,33)/t22-/m1/s1. The molecule has 0 unspecified atom stereocenters. The van der Waals surface area contributed by atoms with Crippen LogP contribution in [-0.4, -0.2) is 58.5 Å². The van der Waals surface area contributed by atoms with E-state index in [4.69, 9.17) is 14.2 Å². The Balaban J connectivity index is 1.36. The van der Waals surface area contributed by atoms with Gasteiger partial charge in [0.15, 0.2) is 17.3 Å². The first kappa shape index (κ1) is 22.8. The lowest BCUT2D eigenvalue weighted by molar-refractivity contribution is -0.120. The molecule has 0 saturated heterocycles. The zero-order chi connectivity index (χ0) is 24.6. The Labute approximate surface area is 209 Å². The molecule has 0 radical (unpaired) electrons. The molecule has 1 aliphatic carbocycles. The molecule has 10 nitrogen and oxygen atoms in total. The number of hydrogen-bond acceptors (Lipinski definition) is 8. The molecule has 1 fully saturated rings. The number of tetrazole rings is 1. The van der Waals surface area contributed by atoms with Crippen LogP contribution in [0.5, 0.6) is 17.2 Å². The van der Waals surface area contributed by atoms with Crippen molar-refractivity contribution in [3.8, 4) is 22.9 Å². The minimum Gasteiger partial charge on any atom is -0.492 e. The lowest BCUT2D eigenvalue weighted by Gasteiger charge is -2.34. The van der Waals surface area contributed by atoms with Crippen molar-refractivity contribution in [1.29, 1.82) is 0 Å². The maximum atomic E-state index is 12.8. The summed E-state index contributed by atoms with van der Waals surface area (Å²) in [7, 11) is 3.70. The zero-order valence-corrected chi connectivity index (χ0v) is 20.6. The summed E-state index contributed by atoms with van der Waals surface area (Å²) in [5, 5.41) is 15.9. The van der Waals surface area contributed by atoms with E-state index in [0.717, 1.165) is 61.2 Å². The quantitative estimate of drug-likeness (QED) is 0.580. The molecule has 0 spiro atoms. The number of carbonyl (C=O) groups is 1. The lowest BCUT2D eigenvalue weighted by Crippen LogP contribution is -2.35. The van der Waals surface area contributed by atoms with Gasteiger partial charge in [0.2, 0.25) is 18.4 Å². The number of nitrogens with one attached hydrogen (secondary N) is 1. The predicted octanol–water partition coefficient (Wildman–Crippen LogP) is 3.50. The molecule has 2 aromatic carbocycles. The molecular formula is C26H30N6O4. The third-order valence-corrected chi connectivity index (χ3v) is 7.47. The third-order valence-electron chi connectivity index (χ3n) is 7.47. The van der Waals surface area contributed by atoms with Gasteiger partial charge in [-0.2, -0.15) is 4.68 Å². The molecule has 1 N–H and O–H groups in total. The molecule has 36 heavy (non-hydrogen) atoms. The van der Waals surface area contributed by atoms with E-state index in [1.165, 1.54) is 6.42 Å². The van der Waals surface area contributed by atoms with Gasteiger partial charge in [-0.3, -0.25) is 9.69 Å². The number of nitrogens with zero attached hydrogens (tertiary/aromatic N) is 5. The number of likely N-dealkylation sites (N-methyl/N-ethyl adjacent to an activating group) is 1. The number of benzene rings is 2. The van der Waals surface area contributed by atoms with Crippen LogP contribution in [0.1, 0.15) is 55.1 Å². The Morgan fingerprint density at radius 2 is 2.03 bits per heavy atom. The highest BCUT2D eigenvalue weighted by atomic mass is 16.7. The first-order valence-electron chi connectivity index (χ1n) is 12.5. The van der Waals surface area contributed by atoms with E-state index < -0.39 is 0 Å². The van der Waals surface area contributed by atoms with Gasteiger partial charge in [0.1, 0.15) is 6.04 Å². The number of amides is 1. The largest absolute Gasteiger partial charge is 0.492 e. The highest BCUT2D eigenvalue weighted by molar-refractivity contribution is 5.92. The summed E-state index contributed by atoms with van der Waals surface area (Å²) in [6.07, 6.45) is 6.21. The molecule has 1 saturated carbocycles. The number of aromatic nitrogens is 4. The molecule has 0 bridgehead atoms. The van der Waals surface area contributed by atoms with E-state index in [1.54, 1.807) is 11.8 Å². The summed E-state index contributed by atoms with van der Waals surface area (Å²) in [5.41, 5.74) is 3.62. The number of carbonyl (C=O) groups excluding carboxylic acids is 1. The van der Waals surface area contributed by atoms with Crippen LogP contribution < -0.4 is 19.5 Å². The molecule has 10 heteroatoms. The van der Waals surface area contributed by atoms with Crippen LogP contribution in [0, 0.1) is 5.92 Å². The van der Waals surface area contributed by atoms with Crippen molar-refractivity contribution in [2.45, 2.75) is 44.6 Å². The molecule has 188 valence electrons. The van der Waals surface area contributed by atoms with Gasteiger partial charge in [-0.1, -0.05) is 25.3 Å². The number of ether oxygens (including phenoxy) is 3. The van der Waals surface area contributed by atoms with Gasteiger partial charge in [-0.05, 0) is 66.6 Å². The average molecular weight is 491 g/mol. The van der Waals surface area contributed by atoms with E-state index in [9.17, 15) is 4.79 Å². The van der Waals surface area contributed by atoms with Gasteiger partial charge in [0.05, 0.1) is 12.8 Å². The zero-order valence-electron chi connectivity index (χ0n) is 20.6. The number of anilines is 1. The fraction of sp³-hybridized carbons (Fsp3) is 0.462. The van der Waals surface area contributed by atoms with E-state index in [-0.39, 0.29) is 24.7 Å². The number of hydrogen-bond donors (Lipinski definition) is 1. The predicted molar refractivity (Wildman–Crippen MR) is 132 cm³/mol. The topological polar surface area (TPSA) is 104 Å². The molecule has 1 amide bonds. The van der Waals surface area contributed by atoms with Crippen LogP contribution in [0.3, 0.4) is 0 Å². The van der Waals surface area contributed by atoms with E-state index in [2.05, 4.69) is 32.8 Å². The Bertz CT molecular complexity index is 1290. The highest BCUT2D eigenvalue weighted by Crippen LogP contribution is 2.50. The fourth-order valence-corrected chi connectivity index (χ4v) is 5.63. The minimum absolute atomic E-state index is 0.0822. The van der Waals surface area contributed by atoms with Crippen LogP contribution in [0.25, 0.3) is 5.69 Å². The fourth-order valence-electron chi connectivity index (χ4n) is 5.63. The monoisotopic (exact) mass is 490 g/mol. The van der Waals surface area contributed by atoms with Crippen LogP contribution >= 0.6 is 0 Å². The van der Waals surface area contributed by atoms with Crippen molar-refractivity contribution in [2.75, 3.05) is 32.8 Å². The lowest BCUT2D eigenvalue weighted by atomic mass is 9.88. The number of fused-ring (bicyclic) bond motifs is 2. The van der Waals surface area contributed by atoms with Crippen LogP contribution in [-0.2, 0) is 11.2 Å². The SMILES string of the molecule is COc1c2c(cc3c1[C@H](c1nnnn1-c1cccc(NC(=O)C4CCCCC4)c1)N(C)CC3)OCO2. The summed E-state index contributed by atoms with van der Waals surface area (Å²) < 4.78 is 19.0. The Kier molecular flexibility index (Phi) is 5.96. The second-order valence-corrected chi connectivity index (χ2v) is 9.67. The van der Waals surface area contributed by atoms with Crippen molar-refractivity contribution >= 4 is 11.6 Å². The van der Waals surface area contributed by atoms with Gasteiger partial charge in [0.25, 0.3) is 0 Å². The van der Waals surface area contributed by atoms with Gasteiger partial charge >= 0.3 is 0 Å². The summed E-state index contributed by atoms with van der Waals surface area (Å²) in [4.78, 5) is 15.0. The molecule has 3 aliphatic rings. The van der Waals surface area contributed by atoms with Crippen LogP contribution in [0.2, 0.25) is 0 Å².